The van der Waals surface area contributed by atoms with Gasteiger partial charge in [-0.3, -0.25) is 0 Å². The summed E-state index contributed by atoms with van der Waals surface area (Å²) in [6, 6.07) is 12.8. The van der Waals surface area contributed by atoms with Crippen LogP contribution in [0.1, 0.15) is 11.3 Å². The van der Waals surface area contributed by atoms with Crippen LogP contribution in [0.15, 0.2) is 46.6 Å². The van der Waals surface area contributed by atoms with Crippen LogP contribution in [-0.2, 0) is 0 Å². The lowest BCUT2D eigenvalue weighted by atomic mass is 10.1. The van der Waals surface area contributed by atoms with Crippen LogP contribution < -0.4 is 0 Å². The Balaban J connectivity index is 2.08. The van der Waals surface area contributed by atoms with E-state index in [-0.39, 0.29) is 5.75 Å². The van der Waals surface area contributed by atoms with Crippen LogP contribution in [-0.4, -0.2) is 9.48 Å². The number of azo groups is 1. The van der Waals surface area contributed by atoms with Crippen LogP contribution in [0.4, 0.5) is 10.7 Å². The zero-order valence-electron chi connectivity index (χ0n) is 11.1. The molecule has 0 aliphatic heterocycles. The second-order valence-corrected chi connectivity index (χ2v) is 5.16. The maximum absolute atomic E-state index is 9.84. The molecule has 0 aliphatic rings. The van der Waals surface area contributed by atoms with E-state index >= 15 is 0 Å². The van der Waals surface area contributed by atoms with Gasteiger partial charge in [0.1, 0.15) is 17.4 Å². The highest BCUT2D eigenvalue weighted by Crippen LogP contribution is 2.34. The fraction of sp³-hybridized carbons (Fsp3) is 0.0667. The average molecular weight is 294 g/mol. The molecule has 102 valence electrons. The molecular formula is C15H10N4OS. The summed E-state index contributed by atoms with van der Waals surface area (Å²) in [5.74, 6) is 0.205. The summed E-state index contributed by atoms with van der Waals surface area (Å²) < 4.78 is 4.10. The van der Waals surface area contributed by atoms with Gasteiger partial charge in [0.05, 0.1) is 11.4 Å². The van der Waals surface area contributed by atoms with Gasteiger partial charge in [0.15, 0.2) is 5.00 Å². The van der Waals surface area contributed by atoms with E-state index in [9.17, 15) is 5.11 Å². The molecule has 0 atom stereocenters. The van der Waals surface area contributed by atoms with Gasteiger partial charge in [-0.15, -0.1) is 10.2 Å². The summed E-state index contributed by atoms with van der Waals surface area (Å²) in [5, 5.41) is 29.3. The van der Waals surface area contributed by atoms with Gasteiger partial charge in [0.25, 0.3) is 0 Å². The van der Waals surface area contributed by atoms with Crippen molar-refractivity contribution in [2.45, 2.75) is 6.92 Å². The first-order chi connectivity index (χ1) is 10.2. The van der Waals surface area contributed by atoms with Gasteiger partial charge in [0.2, 0.25) is 0 Å². The molecule has 0 unspecified atom stereocenters. The zero-order valence-corrected chi connectivity index (χ0v) is 11.9. The van der Waals surface area contributed by atoms with Crippen molar-refractivity contribution in [3.8, 4) is 11.8 Å². The van der Waals surface area contributed by atoms with Gasteiger partial charge in [-0.25, -0.2) is 0 Å². The molecule has 1 N–H and O–H groups in total. The van der Waals surface area contributed by atoms with Crippen LogP contribution in [0.5, 0.6) is 5.75 Å². The van der Waals surface area contributed by atoms with E-state index in [4.69, 9.17) is 5.26 Å². The van der Waals surface area contributed by atoms with Crippen LogP contribution in [0.3, 0.4) is 0 Å². The Hall–Kier alpha value is -2.78. The monoisotopic (exact) mass is 294 g/mol. The maximum atomic E-state index is 9.84. The molecule has 21 heavy (non-hydrogen) atoms. The number of nitrogens with zero attached hydrogens (tertiary/aromatic N) is 4. The molecule has 0 radical (unpaired) electrons. The fourth-order valence-electron chi connectivity index (χ4n) is 2.01. The Labute approximate surface area is 125 Å². The summed E-state index contributed by atoms with van der Waals surface area (Å²) in [4.78, 5) is 0. The van der Waals surface area contributed by atoms with Crippen molar-refractivity contribution in [2.24, 2.45) is 10.2 Å². The second-order valence-electron chi connectivity index (χ2n) is 4.41. The zero-order chi connectivity index (χ0) is 14.8. The molecular weight excluding hydrogens is 284 g/mol. The van der Waals surface area contributed by atoms with Crippen molar-refractivity contribution in [3.05, 3.63) is 47.7 Å². The molecule has 6 heteroatoms. The van der Waals surface area contributed by atoms with E-state index in [0.29, 0.717) is 21.9 Å². The largest absolute Gasteiger partial charge is 0.507 e. The number of fused-ring (bicyclic) bond motifs is 1. The second kappa shape index (κ2) is 5.31. The molecule has 1 heterocycles. The van der Waals surface area contributed by atoms with Gasteiger partial charge in [-0.2, -0.15) is 9.64 Å². The fourth-order valence-corrected chi connectivity index (χ4v) is 2.69. The predicted molar refractivity (Wildman–Crippen MR) is 81.4 cm³/mol. The van der Waals surface area contributed by atoms with E-state index in [0.717, 1.165) is 22.3 Å². The minimum absolute atomic E-state index is 0.205. The molecule has 0 aliphatic carbocycles. The molecule has 3 rings (SSSR count). The van der Waals surface area contributed by atoms with Gasteiger partial charge in [0, 0.05) is 10.8 Å². The molecule has 1 aromatic heterocycles. The number of aryl methyl sites for hydroxylation is 1. The van der Waals surface area contributed by atoms with E-state index in [1.54, 1.807) is 19.1 Å². The number of hydrogen-bond donors (Lipinski definition) is 1. The lowest BCUT2D eigenvalue weighted by Gasteiger charge is -2.02. The molecule has 0 spiro atoms. The molecule has 2 aromatic carbocycles. The first kappa shape index (κ1) is 13.2. The summed E-state index contributed by atoms with van der Waals surface area (Å²) in [6.45, 7) is 1.77. The van der Waals surface area contributed by atoms with Crippen LogP contribution >= 0.6 is 11.5 Å². The standard InChI is InChI=1S/C15H10N4OS/c1-9-12(8-16)15(21-19-9)18-17-13-6-7-14(20)11-5-3-2-4-10(11)13/h2-7,20H,1H3/b18-17+. The SMILES string of the molecule is Cc1nsc(/N=N/c2ccc(O)c3ccccc23)c1C#N. The number of benzene rings is 2. The molecule has 0 amide bonds. The van der Waals surface area contributed by atoms with Crippen molar-refractivity contribution in [1.29, 1.82) is 5.26 Å². The molecule has 5 nitrogen and oxygen atoms in total. The normalized spacial score (nSPS) is 11.0. The number of rotatable bonds is 2. The highest BCUT2D eigenvalue weighted by atomic mass is 32.1. The van der Waals surface area contributed by atoms with Crippen LogP contribution in [0.2, 0.25) is 0 Å². The Morgan fingerprint density at radius 3 is 2.67 bits per heavy atom. The number of phenolic OH excluding ortho intramolecular Hbond substituents is 1. The van der Waals surface area contributed by atoms with Gasteiger partial charge < -0.3 is 5.11 Å². The Bertz CT molecular complexity index is 892. The van der Waals surface area contributed by atoms with E-state index in [2.05, 4.69) is 20.7 Å². The third-order valence-corrected chi connectivity index (χ3v) is 3.91. The van der Waals surface area contributed by atoms with Gasteiger partial charge >= 0.3 is 0 Å². The Kier molecular flexibility index (Phi) is 3.34. The minimum atomic E-state index is 0.205. The highest BCUT2D eigenvalue weighted by molar-refractivity contribution is 7.10. The predicted octanol–water partition coefficient (Wildman–Crippen LogP) is 4.60. The van der Waals surface area contributed by atoms with Crippen molar-refractivity contribution < 1.29 is 5.11 Å². The quantitative estimate of drug-likeness (QED) is 0.701. The van der Waals surface area contributed by atoms with E-state index in [1.807, 2.05) is 24.3 Å². The third-order valence-electron chi connectivity index (χ3n) is 3.08. The minimum Gasteiger partial charge on any atom is -0.507 e. The molecule has 3 aromatic rings. The van der Waals surface area contributed by atoms with Crippen molar-refractivity contribution in [3.63, 3.8) is 0 Å². The van der Waals surface area contributed by atoms with Crippen molar-refractivity contribution >= 4 is 33.0 Å². The maximum Gasteiger partial charge on any atom is 0.176 e. The molecule has 0 bridgehead atoms. The average Bonchev–Trinajstić information content (AvgIpc) is 2.87. The summed E-state index contributed by atoms with van der Waals surface area (Å²) in [5.41, 5.74) is 1.75. The van der Waals surface area contributed by atoms with Crippen molar-refractivity contribution in [2.75, 3.05) is 0 Å². The number of aromatic nitrogens is 1. The summed E-state index contributed by atoms with van der Waals surface area (Å²) in [6.07, 6.45) is 0. The van der Waals surface area contributed by atoms with Crippen LogP contribution in [0, 0.1) is 18.3 Å². The Morgan fingerprint density at radius 1 is 1.14 bits per heavy atom. The number of aromatic hydroxyl groups is 1. The summed E-state index contributed by atoms with van der Waals surface area (Å²) >= 11 is 1.15. The van der Waals surface area contributed by atoms with Gasteiger partial charge in [-0.05, 0) is 30.6 Å². The molecule has 0 saturated heterocycles. The topological polar surface area (TPSA) is 81.6 Å². The lowest BCUT2D eigenvalue weighted by Crippen LogP contribution is -1.75. The highest BCUT2D eigenvalue weighted by Gasteiger charge is 2.10. The number of hydrogen-bond acceptors (Lipinski definition) is 6. The first-order valence-corrected chi connectivity index (χ1v) is 6.97. The van der Waals surface area contributed by atoms with E-state index < -0.39 is 0 Å². The van der Waals surface area contributed by atoms with Gasteiger partial charge in [-0.1, -0.05) is 24.3 Å². The number of phenols is 1. The number of nitriles is 1. The summed E-state index contributed by atoms with van der Waals surface area (Å²) in [7, 11) is 0. The van der Waals surface area contributed by atoms with E-state index in [1.165, 1.54) is 0 Å². The molecule has 0 saturated carbocycles. The smallest absolute Gasteiger partial charge is 0.176 e. The Morgan fingerprint density at radius 2 is 1.90 bits per heavy atom. The molecule has 0 fully saturated rings. The van der Waals surface area contributed by atoms with Crippen LogP contribution in [0.25, 0.3) is 10.8 Å². The lowest BCUT2D eigenvalue weighted by molar-refractivity contribution is 0.481. The van der Waals surface area contributed by atoms with Crippen molar-refractivity contribution in [1.82, 2.24) is 4.37 Å². The first-order valence-electron chi connectivity index (χ1n) is 6.19. The third kappa shape index (κ3) is 2.35.